The maximum Gasteiger partial charge on any atom is 0.233 e. The Labute approximate surface area is 106 Å². The first-order chi connectivity index (χ1) is 8.22. The van der Waals surface area contributed by atoms with Crippen molar-refractivity contribution in [2.24, 2.45) is 0 Å². The maximum absolute atomic E-state index is 11.4. The maximum atomic E-state index is 11.4. The lowest BCUT2D eigenvalue weighted by Crippen LogP contribution is -2.36. The number of amides is 1. The van der Waals surface area contributed by atoms with Gasteiger partial charge in [-0.1, -0.05) is 0 Å². The number of ether oxygens (including phenoxy) is 1. The van der Waals surface area contributed by atoms with Gasteiger partial charge in [0.1, 0.15) is 0 Å². The highest BCUT2D eigenvalue weighted by atomic mass is 32.1. The number of nitrogens with zero attached hydrogens (tertiary/aromatic N) is 1. The van der Waals surface area contributed by atoms with Crippen molar-refractivity contribution in [2.45, 2.75) is 13.3 Å². The van der Waals surface area contributed by atoms with Crippen molar-refractivity contribution in [2.75, 3.05) is 33.4 Å². The number of nitrogens with one attached hydrogen (secondary N) is 2. The Kier molecular flexibility index (Phi) is 6.76. The average Bonchev–Trinajstić information content (AvgIpc) is 2.71. The number of carbonyl (C=O) groups is 1. The van der Waals surface area contributed by atoms with Crippen LogP contribution < -0.4 is 10.6 Å². The molecule has 0 radical (unpaired) electrons. The van der Waals surface area contributed by atoms with Gasteiger partial charge in [0.2, 0.25) is 5.91 Å². The molecule has 0 aliphatic carbocycles. The summed E-state index contributed by atoms with van der Waals surface area (Å²) in [4.78, 5) is 15.7. The van der Waals surface area contributed by atoms with Gasteiger partial charge in [0.25, 0.3) is 0 Å². The van der Waals surface area contributed by atoms with Crippen LogP contribution in [0.5, 0.6) is 0 Å². The summed E-state index contributed by atoms with van der Waals surface area (Å²) in [7, 11) is 1.64. The minimum Gasteiger partial charge on any atom is -0.383 e. The molecule has 1 aromatic rings. The Morgan fingerprint density at radius 3 is 3.00 bits per heavy atom. The quantitative estimate of drug-likeness (QED) is 0.660. The Balaban J connectivity index is 2.04. The molecule has 6 heteroatoms. The molecule has 0 aromatic carbocycles. The van der Waals surface area contributed by atoms with Crippen LogP contribution >= 0.6 is 11.3 Å². The van der Waals surface area contributed by atoms with Crippen molar-refractivity contribution in [3.05, 3.63) is 16.1 Å². The summed E-state index contributed by atoms with van der Waals surface area (Å²) >= 11 is 1.63. The highest BCUT2D eigenvalue weighted by Gasteiger charge is 2.01. The zero-order valence-electron chi connectivity index (χ0n) is 10.3. The minimum absolute atomic E-state index is 0.00869. The van der Waals surface area contributed by atoms with Crippen molar-refractivity contribution in [3.8, 4) is 0 Å². The van der Waals surface area contributed by atoms with Crippen molar-refractivity contribution in [1.82, 2.24) is 15.6 Å². The second kappa shape index (κ2) is 8.16. The van der Waals surface area contributed by atoms with E-state index in [1.54, 1.807) is 18.4 Å². The normalized spacial score (nSPS) is 10.5. The molecular weight excluding hydrogens is 238 g/mol. The lowest BCUT2D eigenvalue weighted by atomic mass is 10.4. The number of carbonyl (C=O) groups excluding carboxylic acids is 1. The lowest BCUT2D eigenvalue weighted by molar-refractivity contribution is -0.120. The molecule has 0 bridgehead atoms. The summed E-state index contributed by atoms with van der Waals surface area (Å²) < 4.78 is 4.86. The first-order valence-corrected chi connectivity index (χ1v) is 6.47. The molecule has 0 atom stereocenters. The van der Waals surface area contributed by atoms with Crippen LogP contribution in [0.3, 0.4) is 0 Å². The van der Waals surface area contributed by atoms with E-state index in [-0.39, 0.29) is 5.91 Å². The van der Waals surface area contributed by atoms with Gasteiger partial charge in [0, 0.05) is 37.7 Å². The minimum atomic E-state index is 0.00869. The number of aryl methyl sites for hydroxylation is 1. The van der Waals surface area contributed by atoms with Gasteiger partial charge >= 0.3 is 0 Å². The summed E-state index contributed by atoms with van der Waals surface area (Å²) in [5, 5.41) is 8.91. The molecule has 5 nitrogen and oxygen atoms in total. The SMILES string of the molecule is COCCNCC(=O)NCCc1nc(C)cs1. The fraction of sp³-hybridized carbons (Fsp3) is 0.636. The highest BCUT2D eigenvalue weighted by Crippen LogP contribution is 2.08. The number of methoxy groups -OCH3 is 1. The van der Waals surface area contributed by atoms with Gasteiger partial charge in [-0.05, 0) is 6.92 Å². The fourth-order valence-electron chi connectivity index (χ4n) is 1.27. The summed E-state index contributed by atoms with van der Waals surface area (Å²) in [6.07, 6.45) is 0.794. The predicted molar refractivity (Wildman–Crippen MR) is 68.3 cm³/mol. The monoisotopic (exact) mass is 257 g/mol. The number of aromatic nitrogens is 1. The zero-order valence-corrected chi connectivity index (χ0v) is 11.1. The van der Waals surface area contributed by atoms with Crippen molar-refractivity contribution in [1.29, 1.82) is 0 Å². The summed E-state index contributed by atoms with van der Waals surface area (Å²) in [5.41, 5.74) is 1.04. The Morgan fingerprint density at radius 2 is 2.35 bits per heavy atom. The molecule has 2 N–H and O–H groups in total. The molecule has 0 aliphatic rings. The number of thiazole rings is 1. The van der Waals surface area contributed by atoms with Crippen molar-refractivity contribution >= 4 is 17.2 Å². The summed E-state index contributed by atoms with van der Waals surface area (Å²) in [5.74, 6) is 0.00869. The Hall–Kier alpha value is -0.980. The molecule has 1 rings (SSSR count). The van der Waals surface area contributed by atoms with Gasteiger partial charge in [-0.25, -0.2) is 4.98 Å². The largest absolute Gasteiger partial charge is 0.383 e. The van der Waals surface area contributed by atoms with E-state index in [1.807, 2.05) is 12.3 Å². The van der Waals surface area contributed by atoms with Crippen LogP contribution in [-0.4, -0.2) is 44.2 Å². The van der Waals surface area contributed by atoms with Gasteiger partial charge in [-0.3, -0.25) is 4.79 Å². The van der Waals surface area contributed by atoms with Gasteiger partial charge < -0.3 is 15.4 Å². The average molecular weight is 257 g/mol. The van der Waals surface area contributed by atoms with Gasteiger partial charge in [0.05, 0.1) is 18.2 Å². The number of hydrogen-bond donors (Lipinski definition) is 2. The predicted octanol–water partition coefficient (Wildman–Crippen LogP) is 0.346. The van der Waals surface area contributed by atoms with E-state index in [2.05, 4.69) is 15.6 Å². The van der Waals surface area contributed by atoms with Crippen LogP contribution in [0.4, 0.5) is 0 Å². The second-order valence-electron chi connectivity index (χ2n) is 3.65. The van der Waals surface area contributed by atoms with E-state index in [9.17, 15) is 4.79 Å². The molecule has 0 saturated heterocycles. The number of hydrogen-bond acceptors (Lipinski definition) is 5. The standard InChI is InChI=1S/C11H19N3O2S/c1-9-8-17-11(14-9)3-4-13-10(15)7-12-5-6-16-2/h8,12H,3-7H2,1-2H3,(H,13,15). The first kappa shape index (κ1) is 14.1. The molecule has 1 amide bonds. The topological polar surface area (TPSA) is 63.2 Å². The molecule has 0 spiro atoms. The third kappa shape index (κ3) is 6.35. The van der Waals surface area contributed by atoms with Gasteiger partial charge in [-0.15, -0.1) is 11.3 Å². The third-order valence-electron chi connectivity index (χ3n) is 2.10. The van der Waals surface area contributed by atoms with Gasteiger partial charge in [0.15, 0.2) is 0 Å². The van der Waals surface area contributed by atoms with E-state index in [4.69, 9.17) is 4.74 Å². The van der Waals surface area contributed by atoms with E-state index in [0.717, 1.165) is 17.1 Å². The van der Waals surface area contributed by atoms with Crippen LogP contribution in [-0.2, 0) is 16.0 Å². The van der Waals surface area contributed by atoms with Gasteiger partial charge in [-0.2, -0.15) is 0 Å². The molecule has 1 aromatic heterocycles. The molecule has 17 heavy (non-hydrogen) atoms. The smallest absolute Gasteiger partial charge is 0.233 e. The van der Waals surface area contributed by atoms with Crippen molar-refractivity contribution in [3.63, 3.8) is 0 Å². The van der Waals surface area contributed by atoms with Crippen LogP contribution in [0.25, 0.3) is 0 Å². The van der Waals surface area contributed by atoms with E-state index >= 15 is 0 Å². The molecular formula is C11H19N3O2S. The molecule has 0 saturated carbocycles. The van der Waals surface area contributed by atoms with Crippen LogP contribution in [0.15, 0.2) is 5.38 Å². The molecule has 96 valence electrons. The first-order valence-electron chi connectivity index (χ1n) is 5.59. The van der Waals surface area contributed by atoms with E-state index < -0.39 is 0 Å². The second-order valence-corrected chi connectivity index (χ2v) is 4.59. The van der Waals surface area contributed by atoms with Crippen LogP contribution in [0.2, 0.25) is 0 Å². The molecule has 1 heterocycles. The zero-order chi connectivity index (χ0) is 12.5. The Bertz CT molecular complexity index is 341. The highest BCUT2D eigenvalue weighted by molar-refractivity contribution is 7.09. The Morgan fingerprint density at radius 1 is 1.53 bits per heavy atom. The summed E-state index contributed by atoms with van der Waals surface area (Å²) in [6.45, 7) is 4.25. The van der Waals surface area contributed by atoms with Crippen LogP contribution in [0.1, 0.15) is 10.7 Å². The number of rotatable bonds is 8. The van der Waals surface area contributed by atoms with Crippen molar-refractivity contribution < 1.29 is 9.53 Å². The third-order valence-corrected chi connectivity index (χ3v) is 3.12. The van der Waals surface area contributed by atoms with E-state index in [0.29, 0.717) is 26.2 Å². The molecule has 0 unspecified atom stereocenters. The molecule has 0 fully saturated rings. The van der Waals surface area contributed by atoms with E-state index in [1.165, 1.54) is 0 Å². The fourth-order valence-corrected chi connectivity index (χ4v) is 2.04. The van der Waals surface area contributed by atoms with Crippen LogP contribution in [0, 0.1) is 6.92 Å². The summed E-state index contributed by atoms with van der Waals surface area (Å²) in [6, 6.07) is 0. The lowest BCUT2D eigenvalue weighted by Gasteiger charge is -2.05. The molecule has 0 aliphatic heterocycles.